The van der Waals surface area contributed by atoms with E-state index < -0.39 is 10.0 Å². The van der Waals surface area contributed by atoms with Crippen LogP contribution in [0.2, 0.25) is 0 Å². The standard InChI is InChI=1S/C17H26N4O2S/c1-20(24(22,23)15-7-8-15)14-6-3-9-21(11-14)17-10-16(18-12-19-17)13-4-2-5-13/h10,12-15H,2-9,11H2,1H3. The third-order valence-electron chi connectivity index (χ3n) is 5.78. The zero-order valence-electron chi connectivity index (χ0n) is 14.3. The number of hydrogen-bond donors (Lipinski definition) is 0. The Labute approximate surface area is 144 Å². The van der Waals surface area contributed by atoms with Gasteiger partial charge in [0.15, 0.2) is 0 Å². The molecule has 0 spiro atoms. The molecule has 2 heterocycles. The highest BCUT2D eigenvalue weighted by Crippen LogP contribution is 2.36. The van der Waals surface area contributed by atoms with E-state index in [4.69, 9.17) is 0 Å². The lowest BCUT2D eigenvalue weighted by Crippen LogP contribution is -2.49. The van der Waals surface area contributed by atoms with Gasteiger partial charge in [-0.2, -0.15) is 4.31 Å². The zero-order chi connectivity index (χ0) is 16.7. The lowest BCUT2D eigenvalue weighted by atomic mass is 9.83. The van der Waals surface area contributed by atoms with E-state index in [1.54, 1.807) is 17.7 Å². The number of aromatic nitrogens is 2. The Morgan fingerprint density at radius 2 is 1.92 bits per heavy atom. The van der Waals surface area contributed by atoms with Crippen LogP contribution in [0.25, 0.3) is 0 Å². The molecule has 1 aliphatic heterocycles. The molecule has 1 unspecified atom stereocenters. The maximum absolute atomic E-state index is 12.5. The number of piperidine rings is 1. The van der Waals surface area contributed by atoms with E-state index in [0.29, 0.717) is 5.92 Å². The maximum atomic E-state index is 12.5. The Morgan fingerprint density at radius 1 is 1.12 bits per heavy atom. The number of rotatable bonds is 5. The average Bonchev–Trinajstić information content (AvgIpc) is 3.38. The molecule has 6 nitrogen and oxygen atoms in total. The van der Waals surface area contributed by atoms with Crippen LogP contribution in [-0.2, 0) is 10.0 Å². The van der Waals surface area contributed by atoms with E-state index >= 15 is 0 Å². The van der Waals surface area contributed by atoms with Crippen LogP contribution >= 0.6 is 0 Å². The van der Waals surface area contributed by atoms with Crippen molar-refractivity contribution < 1.29 is 8.42 Å². The maximum Gasteiger partial charge on any atom is 0.217 e. The van der Waals surface area contributed by atoms with Gasteiger partial charge in [0.2, 0.25) is 10.0 Å². The normalized spacial score (nSPS) is 25.8. The van der Waals surface area contributed by atoms with E-state index in [-0.39, 0.29) is 11.3 Å². The Bertz CT molecular complexity index is 700. The van der Waals surface area contributed by atoms with E-state index in [9.17, 15) is 8.42 Å². The first-order chi connectivity index (χ1) is 11.6. The van der Waals surface area contributed by atoms with Gasteiger partial charge in [0.25, 0.3) is 0 Å². The SMILES string of the molecule is CN(C1CCCN(c2cc(C3CCC3)ncn2)C1)S(=O)(=O)C1CC1. The van der Waals surface area contributed by atoms with Crippen molar-refractivity contribution in [2.75, 3.05) is 25.0 Å². The summed E-state index contributed by atoms with van der Waals surface area (Å²) in [5.41, 5.74) is 1.15. The Kier molecular flexibility index (Phi) is 4.24. The first-order valence-electron chi connectivity index (χ1n) is 9.09. The van der Waals surface area contributed by atoms with Gasteiger partial charge >= 0.3 is 0 Å². The highest BCUT2D eigenvalue weighted by atomic mass is 32.2. The fraction of sp³-hybridized carbons (Fsp3) is 0.765. The van der Waals surface area contributed by atoms with Gasteiger partial charge in [-0.1, -0.05) is 6.42 Å². The summed E-state index contributed by atoms with van der Waals surface area (Å²) in [5.74, 6) is 1.54. The van der Waals surface area contributed by atoms with Crippen molar-refractivity contribution in [1.82, 2.24) is 14.3 Å². The van der Waals surface area contributed by atoms with Gasteiger partial charge in [-0.3, -0.25) is 0 Å². The predicted molar refractivity (Wildman–Crippen MR) is 93.6 cm³/mol. The van der Waals surface area contributed by atoms with Gasteiger partial charge in [-0.25, -0.2) is 18.4 Å². The lowest BCUT2D eigenvalue weighted by Gasteiger charge is -2.38. The fourth-order valence-corrected chi connectivity index (χ4v) is 5.52. The molecule has 1 aromatic heterocycles. The van der Waals surface area contributed by atoms with Crippen LogP contribution in [0.5, 0.6) is 0 Å². The van der Waals surface area contributed by atoms with Crippen LogP contribution in [0.3, 0.4) is 0 Å². The van der Waals surface area contributed by atoms with Crippen molar-refractivity contribution in [3.63, 3.8) is 0 Å². The second-order valence-corrected chi connectivity index (χ2v) is 9.70. The Balaban J connectivity index is 1.48. The molecule has 2 aliphatic carbocycles. The molecule has 4 rings (SSSR count). The number of sulfonamides is 1. The summed E-state index contributed by atoms with van der Waals surface area (Å²) in [5, 5.41) is -0.137. The second-order valence-electron chi connectivity index (χ2n) is 7.43. The number of anilines is 1. The molecule has 1 aromatic rings. The summed E-state index contributed by atoms with van der Waals surface area (Å²) < 4.78 is 26.6. The molecule has 1 saturated heterocycles. The van der Waals surface area contributed by atoms with Crippen molar-refractivity contribution in [3.05, 3.63) is 18.1 Å². The van der Waals surface area contributed by atoms with Gasteiger partial charge in [0.1, 0.15) is 12.1 Å². The molecule has 0 aromatic carbocycles. The third kappa shape index (κ3) is 3.04. The van der Waals surface area contributed by atoms with Crippen molar-refractivity contribution in [2.45, 2.75) is 62.2 Å². The summed E-state index contributed by atoms with van der Waals surface area (Å²) in [6.45, 7) is 1.67. The van der Waals surface area contributed by atoms with E-state index in [1.807, 2.05) is 0 Å². The lowest BCUT2D eigenvalue weighted by molar-refractivity contribution is 0.319. The van der Waals surface area contributed by atoms with Gasteiger partial charge in [-0.05, 0) is 38.5 Å². The predicted octanol–water partition coefficient (Wildman–Crippen LogP) is 2.14. The fourth-order valence-electron chi connectivity index (χ4n) is 3.73. The van der Waals surface area contributed by atoms with Crippen LogP contribution in [0.1, 0.15) is 56.6 Å². The molecule has 24 heavy (non-hydrogen) atoms. The van der Waals surface area contributed by atoms with Crippen LogP contribution < -0.4 is 4.90 Å². The van der Waals surface area contributed by atoms with Gasteiger partial charge in [-0.15, -0.1) is 0 Å². The summed E-state index contributed by atoms with van der Waals surface area (Å²) >= 11 is 0. The van der Waals surface area contributed by atoms with Crippen LogP contribution in [0.4, 0.5) is 5.82 Å². The van der Waals surface area contributed by atoms with Crippen molar-refractivity contribution >= 4 is 15.8 Å². The van der Waals surface area contributed by atoms with E-state index in [2.05, 4.69) is 20.9 Å². The minimum Gasteiger partial charge on any atom is -0.355 e. The second kappa shape index (κ2) is 6.26. The molecule has 1 atom stereocenters. The summed E-state index contributed by atoms with van der Waals surface area (Å²) in [6, 6.07) is 2.16. The highest BCUT2D eigenvalue weighted by molar-refractivity contribution is 7.90. The first kappa shape index (κ1) is 16.3. The quantitative estimate of drug-likeness (QED) is 0.814. The number of likely N-dealkylation sites (N-methyl/N-ethyl adjacent to an activating group) is 1. The summed E-state index contributed by atoms with van der Waals surface area (Å²) in [4.78, 5) is 11.1. The molecular formula is C17H26N4O2S. The smallest absolute Gasteiger partial charge is 0.217 e. The average molecular weight is 350 g/mol. The summed E-state index contributed by atoms with van der Waals surface area (Å²) in [7, 11) is -1.36. The molecular weight excluding hydrogens is 324 g/mol. The van der Waals surface area contributed by atoms with Crippen molar-refractivity contribution in [1.29, 1.82) is 0 Å². The largest absolute Gasteiger partial charge is 0.355 e. The van der Waals surface area contributed by atoms with E-state index in [0.717, 1.165) is 50.3 Å². The molecule has 0 bridgehead atoms. The van der Waals surface area contributed by atoms with Gasteiger partial charge in [0.05, 0.1) is 5.25 Å². The monoisotopic (exact) mass is 350 g/mol. The number of hydrogen-bond acceptors (Lipinski definition) is 5. The molecule has 0 amide bonds. The topological polar surface area (TPSA) is 66.4 Å². The van der Waals surface area contributed by atoms with Crippen LogP contribution in [0, 0.1) is 0 Å². The molecule has 132 valence electrons. The van der Waals surface area contributed by atoms with Crippen LogP contribution in [-0.4, -0.2) is 54.1 Å². The zero-order valence-corrected chi connectivity index (χ0v) is 15.1. The van der Waals surface area contributed by atoms with Crippen molar-refractivity contribution in [2.24, 2.45) is 0 Å². The van der Waals surface area contributed by atoms with E-state index in [1.165, 1.54) is 19.3 Å². The number of nitrogens with zero attached hydrogens (tertiary/aromatic N) is 4. The van der Waals surface area contributed by atoms with Gasteiger partial charge < -0.3 is 4.90 Å². The molecule has 3 aliphatic rings. The highest BCUT2D eigenvalue weighted by Gasteiger charge is 2.41. The van der Waals surface area contributed by atoms with Gasteiger partial charge in [0, 0.05) is 43.9 Å². The minimum atomic E-state index is -3.11. The first-order valence-corrected chi connectivity index (χ1v) is 10.6. The molecule has 7 heteroatoms. The molecule has 3 fully saturated rings. The Hall–Kier alpha value is -1.21. The third-order valence-corrected chi connectivity index (χ3v) is 8.19. The molecule has 0 N–H and O–H groups in total. The van der Waals surface area contributed by atoms with Crippen LogP contribution in [0.15, 0.2) is 12.4 Å². The molecule has 0 radical (unpaired) electrons. The molecule has 2 saturated carbocycles. The summed E-state index contributed by atoms with van der Waals surface area (Å²) in [6.07, 6.45) is 8.97. The van der Waals surface area contributed by atoms with Crippen molar-refractivity contribution in [3.8, 4) is 0 Å². The Morgan fingerprint density at radius 3 is 2.58 bits per heavy atom. The minimum absolute atomic E-state index is 0.0477.